The molecule has 2 aromatic heterocycles. The van der Waals surface area contributed by atoms with Crippen molar-refractivity contribution in [2.24, 2.45) is 0 Å². The maximum atomic E-state index is 12.9. The molecule has 0 aliphatic carbocycles. The van der Waals surface area contributed by atoms with Gasteiger partial charge in [0, 0.05) is 41.8 Å². The highest BCUT2D eigenvalue weighted by Crippen LogP contribution is 2.23. The van der Waals surface area contributed by atoms with Crippen LogP contribution >= 0.6 is 11.6 Å². The van der Waals surface area contributed by atoms with E-state index in [0.717, 1.165) is 29.1 Å². The summed E-state index contributed by atoms with van der Waals surface area (Å²) < 4.78 is 1.85. The van der Waals surface area contributed by atoms with Gasteiger partial charge in [-0.15, -0.1) is 0 Å². The Hall–Kier alpha value is -2.66. The molecule has 2 heterocycles. The summed E-state index contributed by atoms with van der Waals surface area (Å²) in [7, 11) is 0. The van der Waals surface area contributed by atoms with Crippen LogP contribution in [0.15, 0.2) is 48.9 Å². The highest BCUT2D eigenvalue weighted by Gasteiger charge is 2.19. The van der Waals surface area contributed by atoms with Crippen molar-refractivity contribution in [1.29, 1.82) is 0 Å². The molecule has 1 atom stereocenters. The van der Waals surface area contributed by atoms with Crippen molar-refractivity contribution in [1.82, 2.24) is 19.9 Å². The molecule has 146 valence electrons. The Labute approximate surface area is 170 Å². The molecule has 0 aliphatic rings. The van der Waals surface area contributed by atoms with Gasteiger partial charge in [-0.25, -0.2) is 9.97 Å². The average Bonchev–Trinajstić information content (AvgIpc) is 3.01. The van der Waals surface area contributed by atoms with E-state index in [1.54, 1.807) is 18.5 Å². The van der Waals surface area contributed by atoms with Crippen LogP contribution in [0.1, 0.15) is 52.9 Å². The number of carbonyl (C=O) groups is 1. The number of aromatic nitrogens is 3. The predicted octanol–water partition coefficient (Wildman–Crippen LogP) is 4.85. The normalized spacial score (nSPS) is 12.0. The Kier molecular flexibility index (Phi) is 6.47. The van der Waals surface area contributed by atoms with Gasteiger partial charge in [0.1, 0.15) is 0 Å². The molecule has 0 aliphatic heterocycles. The lowest BCUT2D eigenvalue weighted by molar-refractivity contribution is 0.0950. The van der Waals surface area contributed by atoms with Crippen LogP contribution in [0.3, 0.4) is 0 Å². The van der Waals surface area contributed by atoms with Crippen LogP contribution in [0.5, 0.6) is 0 Å². The molecule has 28 heavy (non-hydrogen) atoms. The van der Waals surface area contributed by atoms with Crippen LogP contribution in [0, 0.1) is 13.8 Å². The number of nitrogens with zero attached hydrogens (tertiary/aromatic N) is 3. The lowest BCUT2D eigenvalue weighted by atomic mass is 9.94. The molecule has 1 aromatic carbocycles. The highest BCUT2D eigenvalue weighted by atomic mass is 35.5. The van der Waals surface area contributed by atoms with Crippen LogP contribution in [-0.2, 0) is 0 Å². The number of rotatable bonds is 7. The first kappa shape index (κ1) is 20.1. The molecular formula is C22H25ClN4O. The summed E-state index contributed by atoms with van der Waals surface area (Å²) >= 11 is 6.00. The average molecular weight is 397 g/mol. The maximum Gasteiger partial charge on any atom is 0.253 e. The van der Waals surface area contributed by atoms with Gasteiger partial charge in [0.15, 0.2) is 0 Å². The van der Waals surface area contributed by atoms with Crippen molar-refractivity contribution in [2.45, 2.75) is 39.5 Å². The minimum atomic E-state index is -0.0784. The van der Waals surface area contributed by atoms with E-state index < -0.39 is 0 Å². The molecule has 0 radical (unpaired) electrons. The first-order valence-corrected chi connectivity index (χ1v) is 9.88. The Morgan fingerprint density at radius 1 is 1.18 bits per heavy atom. The summed E-state index contributed by atoms with van der Waals surface area (Å²) in [4.78, 5) is 21.4. The predicted molar refractivity (Wildman–Crippen MR) is 112 cm³/mol. The number of amides is 1. The van der Waals surface area contributed by atoms with Crippen molar-refractivity contribution in [3.8, 4) is 5.95 Å². The van der Waals surface area contributed by atoms with Gasteiger partial charge in [0.25, 0.3) is 5.91 Å². The van der Waals surface area contributed by atoms with Gasteiger partial charge < -0.3 is 5.32 Å². The van der Waals surface area contributed by atoms with Gasteiger partial charge in [-0.3, -0.25) is 9.36 Å². The van der Waals surface area contributed by atoms with Gasteiger partial charge >= 0.3 is 0 Å². The molecule has 1 amide bonds. The number of halogens is 1. The summed E-state index contributed by atoms with van der Waals surface area (Å²) in [5.74, 6) is 0.740. The van der Waals surface area contributed by atoms with Gasteiger partial charge in [-0.2, -0.15) is 0 Å². The third-order valence-electron chi connectivity index (χ3n) is 5.07. The standard InChI is InChI=1S/C22H25ClN4O/c1-4-6-18(17-7-9-19(23)10-8-17)13-26-21(28)20-14-27(16(3)15(20)2)22-24-11-5-12-25-22/h5,7-12,14,18H,4,6,13H2,1-3H3,(H,26,28). The Balaban J connectivity index is 1.76. The second-order valence-corrected chi connectivity index (χ2v) is 7.36. The molecule has 0 spiro atoms. The van der Waals surface area contributed by atoms with Gasteiger partial charge in [-0.1, -0.05) is 37.1 Å². The number of carbonyl (C=O) groups excluding carboxylic acids is 1. The van der Waals surface area contributed by atoms with Crippen LogP contribution in [-0.4, -0.2) is 27.0 Å². The molecule has 0 saturated heterocycles. The third-order valence-corrected chi connectivity index (χ3v) is 5.32. The number of nitrogens with one attached hydrogen (secondary N) is 1. The lowest BCUT2D eigenvalue weighted by Gasteiger charge is -2.17. The van der Waals surface area contributed by atoms with E-state index in [1.165, 1.54) is 5.56 Å². The van der Waals surface area contributed by atoms with E-state index in [0.29, 0.717) is 18.1 Å². The van der Waals surface area contributed by atoms with E-state index in [4.69, 9.17) is 11.6 Å². The third kappa shape index (κ3) is 4.42. The summed E-state index contributed by atoms with van der Waals surface area (Å²) in [6, 6.07) is 9.64. The quantitative estimate of drug-likeness (QED) is 0.620. The summed E-state index contributed by atoms with van der Waals surface area (Å²) in [5.41, 5.74) is 3.73. The second-order valence-electron chi connectivity index (χ2n) is 6.92. The molecule has 6 heteroatoms. The van der Waals surface area contributed by atoms with E-state index >= 15 is 0 Å². The van der Waals surface area contributed by atoms with Crippen molar-refractivity contribution in [3.63, 3.8) is 0 Å². The maximum absolute atomic E-state index is 12.9. The van der Waals surface area contributed by atoms with E-state index in [2.05, 4.69) is 22.2 Å². The lowest BCUT2D eigenvalue weighted by Crippen LogP contribution is -2.28. The minimum absolute atomic E-state index is 0.0784. The molecule has 0 bridgehead atoms. The van der Waals surface area contributed by atoms with Crippen molar-refractivity contribution < 1.29 is 4.79 Å². The van der Waals surface area contributed by atoms with Crippen LogP contribution < -0.4 is 5.32 Å². The molecule has 1 N–H and O–H groups in total. The Morgan fingerprint density at radius 2 is 1.86 bits per heavy atom. The molecule has 5 nitrogen and oxygen atoms in total. The fourth-order valence-corrected chi connectivity index (χ4v) is 3.46. The second kappa shape index (κ2) is 9.02. The summed E-state index contributed by atoms with van der Waals surface area (Å²) in [6.45, 7) is 6.65. The zero-order valence-electron chi connectivity index (χ0n) is 16.4. The van der Waals surface area contributed by atoms with Crippen LogP contribution in [0.2, 0.25) is 5.02 Å². The van der Waals surface area contributed by atoms with E-state index in [1.807, 2.05) is 48.9 Å². The van der Waals surface area contributed by atoms with Crippen molar-refractivity contribution >= 4 is 17.5 Å². The largest absolute Gasteiger partial charge is 0.351 e. The fraction of sp³-hybridized carbons (Fsp3) is 0.318. The fourth-order valence-electron chi connectivity index (χ4n) is 3.33. The topological polar surface area (TPSA) is 59.8 Å². The smallest absolute Gasteiger partial charge is 0.253 e. The Bertz CT molecular complexity index is 935. The number of benzene rings is 1. The minimum Gasteiger partial charge on any atom is -0.351 e. The van der Waals surface area contributed by atoms with Crippen molar-refractivity contribution in [2.75, 3.05) is 6.54 Å². The zero-order chi connectivity index (χ0) is 20.1. The first-order chi connectivity index (χ1) is 13.5. The molecule has 3 aromatic rings. The molecule has 0 saturated carbocycles. The van der Waals surface area contributed by atoms with Crippen LogP contribution in [0.4, 0.5) is 0 Å². The Morgan fingerprint density at radius 3 is 2.50 bits per heavy atom. The number of hydrogen-bond acceptors (Lipinski definition) is 3. The molecule has 3 rings (SSSR count). The first-order valence-electron chi connectivity index (χ1n) is 9.50. The van der Waals surface area contributed by atoms with Crippen molar-refractivity contribution in [3.05, 3.63) is 76.3 Å². The van der Waals surface area contributed by atoms with E-state index in [9.17, 15) is 4.79 Å². The molecule has 1 unspecified atom stereocenters. The molecule has 0 fully saturated rings. The van der Waals surface area contributed by atoms with Crippen LogP contribution in [0.25, 0.3) is 5.95 Å². The monoisotopic (exact) mass is 396 g/mol. The summed E-state index contributed by atoms with van der Waals surface area (Å²) in [5, 5.41) is 3.82. The summed E-state index contributed by atoms with van der Waals surface area (Å²) in [6.07, 6.45) is 7.24. The highest BCUT2D eigenvalue weighted by molar-refractivity contribution is 6.30. The number of hydrogen-bond donors (Lipinski definition) is 1. The van der Waals surface area contributed by atoms with Gasteiger partial charge in [-0.05, 0) is 49.6 Å². The van der Waals surface area contributed by atoms with Gasteiger partial charge in [0.05, 0.1) is 5.56 Å². The SMILES string of the molecule is CCCC(CNC(=O)c1cn(-c2ncccn2)c(C)c1C)c1ccc(Cl)cc1. The molecular weight excluding hydrogens is 372 g/mol. The van der Waals surface area contributed by atoms with E-state index in [-0.39, 0.29) is 11.8 Å². The van der Waals surface area contributed by atoms with Gasteiger partial charge in [0.2, 0.25) is 5.95 Å². The zero-order valence-corrected chi connectivity index (χ0v) is 17.2.